The van der Waals surface area contributed by atoms with E-state index in [2.05, 4.69) is 9.64 Å². The van der Waals surface area contributed by atoms with Crippen LogP contribution in [0.3, 0.4) is 0 Å². The van der Waals surface area contributed by atoms with Crippen molar-refractivity contribution in [1.29, 1.82) is 0 Å². The molecule has 2 saturated heterocycles. The highest BCUT2D eigenvalue weighted by atomic mass is 16.5. The number of amides is 1. The second kappa shape index (κ2) is 7.04. The highest BCUT2D eigenvalue weighted by molar-refractivity contribution is 5.81. The van der Waals surface area contributed by atoms with Crippen LogP contribution in [0.2, 0.25) is 0 Å². The minimum atomic E-state index is -0.244. The van der Waals surface area contributed by atoms with E-state index in [1.807, 2.05) is 11.8 Å². The maximum atomic E-state index is 12.3. The van der Waals surface area contributed by atoms with Gasteiger partial charge in [0.2, 0.25) is 0 Å². The Hall–Kier alpha value is -1.14. The summed E-state index contributed by atoms with van der Waals surface area (Å²) in [6.45, 7) is 5.77. The van der Waals surface area contributed by atoms with Gasteiger partial charge < -0.3 is 14.4 Å². The van der Waals surface area contributed by atoms with Crippen LogP contribution in [0.4, 0.5) is 0 Å². The molecule has 6 nitrogen and oxygen atoms in total. The third-order valence-corrected chi connectivity index (χ3v) is 4.05. The van der Waals surface area contributed by atoms with Gasteiger partial charge >= 0.3 is 5.97 Å². The minimum absolute atomic E-state index is 0.127. The normalized spacial score (nSPS) is 27.6. The predicted molar refractivity (Wildman–Crippen MR) is 73.2 cm³/mol. The van der Waals surface area contributed by atoms with E-state index >= 15 is 0 Å². The van der Waals surface area contributed by atoms with E-state index in [1.165, 1.54) is 7.11 Å². The number of rotatable bonds is 4. The molecule has 2 aliphatic rings. The number of methoxy groups -OCH3 is 1. The van der Waals surface area contributed by atoms with Gasteiger partial charge in [0.1, 0.15) is 6.10 Å². The maximum Gasteiger partial charge on any atom is 0.306 e. The Morgan fingerprint density at radius 2 is 1.90 bits per heavy atom. The molecule has 2 aliphatic heterocycles. The highest BCUT2D eigenvalue weighted by Gasteiger charge is 2.32. The van der Waals surface area contributed by atoms with Gasteiger partial charge in [-0.2, -0.15) is 0 Å². The Morgan fingerprint density at radius 1 is 1.20 bits per heavy atom. The first-order chi connectivity index (χ1) is 9.60. The Balaban J connectivity index is 1.71. The van der Waals surface area contributed by atoms with Gasteiger partial charge in [0.25, 0.3) is 5.91 Å². The molecular weight excluding hydrogens is 260 g/mol. The lowest BCUT2D eigenvalue weighted by molar-refractivity contribution is -0.145. The summed E-state index contributed by atoms with van der Waals surface area (Å²) in [4.78, 5) is 27.5. The Labute approximate surface area is 120 Å². The van der Waals surface area contributed by atoms with Crippen molar-refractivity contribution < 1.29 is 19.1 Å². The number of ether oxygens (including phenoxy) is 2. The van der Waals surface area contributed by atoms with Gasteiger partial charge in [0.05, 0.1) is 19.6 Å². The molecule has 0 bridgehead atoms. The first-order valence-electron chi connectivity index (χ1n) is 7.33. The number of hydrogen-bond acceptors (Lipinski definition) is 5. The molecule has 0 radical (unpaired) electrons. The average molecular weight is 284 g/mol. The van der Waals surface area contributed by atoms with Crippen molar-refractivity contribution in [3.63, 3.8) is 0 Å². The van der Waals surface area contributed by atoms with E-state index in [4.69, 9.17) is 4.74 Å². The van der Waals surface area contributed by atoms with Gasteiger partial charge in [0, 0.05) is 32.7 Å². The second-order valence-electron chi connectivity index (χ2n) is 5.51. The standard InChI is InChI=1S/C14H24N2O4/c1-11-3-4-12(20-11)14(18)16-9-7-15(8-10-16)6-5-13(17)19-2/h11-12H,3-10H2,1-2H3. The summed E-state index contributed by atoms with van der Waals surface area (Å²) in [5.74, 6) is -0.0567. The molecule has 2 fully saturated rings. The molecule has 0 aromatic heterocycles. The fourth-order valence-corrected chi connectivity index (χ4v) is 2.73. The number of carbonyl (C=O) groups is 2. The predicted octanol–water partition coefficient (Wildman–Crippen LogP) is 0.261. The van der Waals surface area contributed by atoms with Crippen molar-refractivity contribution in [3.8, 4) is 0 Å². The molecule has 0 aromatic carbocycles. The van der Waals surface area contributed by atoms with Crippen LogP contribution in [-0.2, 0) is 19.1 Å². The number of hydrogen-bond donors (Lipinski definition) is 0. The summed E-state index contributed by atoms with van der Waals surface area (Å²) in [5, 5.41) is 0. The van der Waals surface area contributed by atoms with Gasteiger partial charge in [-0.1, -0.05) is 0 Å². The van der Waals surface area contributed by atoms with Gasteiger partial charge in [-0.25, -0.2) is 0 Å². The van der Waals surface area contributed by atoms with E-state index < -0.39 is 0 Å². The van der Waals surface area contributed by atoms with E-state index in [-0.39, 0.29) is 24.1 Å². The lowest BCUT2D eigenvalue weighted by atomic mass is 10.1. The molecule has 0 saturated carbocycles. The van der Waals surface area contributed by atoms with Crippen molar-refractivity contribution in [2.45, 2.75) is 38.4 Å². The molecule has 6 heteroatoms. The van der Waals surface area contributed by atoms with Gasteiger partial charge in [-0.3, -0.25) is 14.5 Å². The quantitative estimate of drug-likeness (QED) is 0.693. The van der Waals surface area contributed by atoms with Crippen LogP contribution < -0.4 is 0 Å². The van der Waals surface area contributed by atoms with Crippen LogP contribution in [0, 0.1) is 0 Å². The SMILES string of the molecule is COC(=O)CCN1CCN(C(=O)C2CCC(C)O2)CC1. The molecule has 0 N–H and O–H groups in total. The lowest BCUT2D eigenvalue weighted by Gasteiger charge is -2.35. The maximum absolute atomic E-state index is 12.3. The molecule has 114 valence electrons. The van der Waals surface area contributed by atoms with Crippen LogP contribution in [0.5, 0.6) is 0 Å². The van der Waals surface area contributed by atoms with Crippen LogP contribution >= 0.6 is 0 Å². The summed E-state index contributed by atoms with van der Waals surface area (Å²) < 4.78 is 10.3. The summed E-state index contributed by atoms with van der Waals surface area (Å²) in [6.07, 6.45) is 2.17. The zero-order valence-corrected chi connectivity index (χ0v) is 12.3. The zero-order chi connectivity index (χ0) is 14.5. The van der Waals surface area contributed by atoms with E-state index in [9.17, 15) is 9.59 Å². The van der Waals surface area contributed by atoms with Crippen LogP contribution in [-0.4, -0.2) is 73.7 Å². The molecule has 2 unspecified atom stereocenters. The zero-order valence-electron chi connectivity index (χ0n) is 12.3. The Kier molecular flexibility index (Phi) is 5.37. The van der Waals surface area contributed by atoms with Crippen LogP contribution in [0.15, 0.2) is 0 Å². The average Bonchev–Trinajstić information content (AvgIpc) is 2.91. The molecule has 20 heavy (non-hydrogen) atoms. The summed E-state index contributed by atoms with van der Waals surface area (Å²) in [7, 11) is 1.40. The van der Waals surface area contributed by atoms with E-state index in [0.29, 0.717) is 26.1 Å². The highest BCUT2D eigenvalue weighted by Crippen LogP contribution is 2.21. The van der Waals surface area contributed by atoms with E-state index in [0.717, 1.165) is 25.9 Å². The first kappa shape index (κ1) is 15.3. The number of nitrogens with zero attached hydrogens (tertiary/aromatic N) is 2. The molecule has 2 atom stereocenters. The lowest BCUT2D eigenvalue weighted by Crippen LogP contribution is -2.51. The fraction of sp³-hybridized carbons (Fsp3) is 0.857. The van der Waals surface area contributed by atoms with Crippen LogP contribution in [0.1, 0.15) is 26.2 Å². The second-order valence-corrected chi connectivity index (χ2v) is 5.51. The Bertz CT molecular complexity index is 353. The number of piperazine rings is 1. The molecule has 0 aromatic rings. The minimum Gasteiger partial charge on any atom is -0.469 e. The molecular formula is C14H24N2O4. The summed E-state index contributed by atoms with van der Waals surface area (Å²) in [5.41, 5.74) is 0. The van der Waals surface area contributed by atoms with Gasteiger partial charge in [0.15, 0.2) is 0 Å². The molecule has 2 rings (SSSR count). The van der Waals surface area contributed by atoms with Crippen molar-refractivity contribution in [3.05, 3.63) is 0 Å². The monoisotopic (exact) mass is 284 g/mol. The Morgan fingerprint density at radius 3 is 2.45 bits per heavy atom. The van der Waals surface area contributed by atoms with Crippen molar-refractivity contribution in [2.24, 2.45) is 0 Å². The van der Waals surface area contributed by atoms with Crippen molar-refractivity contribution >= 4 is 11.9 Å². The van der Waals surface area contributed by atoms with Crippen molar-refractivity contribution in [2.75, 3.05) is 39.8 Å². The molecule has 2 heterocycles. The molecule has 0 aliphatic carbocycles. The third kappa shape index (κ3) is 3.93. The van der Waals surface area contributed by atoms with Gasteiger partial charge in [-0.15, -0.1) is 0 Å². The fourth-order valence-electron chi connectivity index (χ4n) is 2.73. The van der Waals surface area contributed by atoms with Crippen LogP contribution in [0.25, 0.3) is 0 Å². The molecule has 0 spiro atoms. The van der Waals surface area contributed by atoms with Gasteiger partial charge in [-0.05, 0) is 19.8 Å². The smallest absolute Gasteiger partial charge is 0.306 e. The van der Waals surface area contributed by atoms with E-state index in [1.54, 1.807) is 0 Å². The van der Waals surface area contributed by atoms with Crippen molar-refractivity contribution in [1.82, 2.24) is 9.80 Å². The molecule has 1 amide bonds. The summed E-state index contributed by atoms with van der Waals surface area (Å²) in [6, 6.07) is 0. The number of carbonyl (C=O) groups excluding carboxylic acids is 2. The summed E-state index contributed by atoms with van der Waals surface area (Å²) >= 11 is 0. The topological polar surface area (TPSA) is 59.1 Å². The third-order valence-electron chi connectivity index (χ3n) is 4.05. The first-order valence-corrected chi connectivity index (χ1v) is 7.33. The largest absolute Gasteiger partial charge is 0.469 e. The number of esters is 1.